The molecule has 0 aromatic heterocycles. The lowest BCUT2D eigenvalue weighted by atomic mass is 9.85. The second kappa shape index (κ2) is 4.27. The molecule has 0 aliphatic rings. The van der Waals surface area contributed by atoms with E-state index in [1.165, 1.54) is 5.56 Å². The molecule has 75 valence electrons. The fourth-order valence-electron chi connectivity index (χ4n) is 1.31. The van der Waals surface area contributed by atoms with Gasteiger partial charge in [0.2, 0.25) is 5.91 Å². The molecule has 0 bridgehead atoms. The third kappa shape index (κ3) is 2.87. The lowest BCUT2D eigenvalue weighted by molar-refractivity contribution is -0.116. The maximum absolute atomic E-state index is 10.7. The van der Waals surface area contributed by atoms with Crippen molar-refractivity contribution in [3.05, 3.63) is 42.8 Å². The molecule has 0 aliphatic heterocycles. The van der Waals surface area contributed by atoms with Gasteiger partial charge in [-0.15, -0.1) is 0 Å². The van der Waals surface area contributed by atoms with E-state index in [0.717, 1.165) is 0 Å². The minimum Gasteiger partial charge on any atom is -0.355 e. The van der Waals surface area contributed by atoms with E-state index in [1.54, 1.807) is 0 Å². The van der Waals surface area contributed by atoms with Crippen LogP contribution in [0.25, 0.3) is 0 Å². The summed E-state index contributed by atoms with van der Waals surface area (Å²) in [5.41, 5.74) is 1.17. The summed E-state index contributed by atoms with van der Waals surface area (Å²) in [6.45, 7) is 8.09. The topological polar surface area (TPSA) is 29.1 Å². The summed E-state index contributed by atoms with van der Waals surface area (Å²) in [7, 11) is 0. The van der Waals surface area contributed by atoms with Gasteiger partial charge in [0.05, 0.1) is 0 Å². The highest BCUT2D eigenvalue weighted by atomic mass is 16.1. The van der Waals surface area contributed by atoms with Crippen LogP contribution >= 0.6 is 0 Å². The number of carbonyl (C=O) groups is 1. The lowest BCUT2D eigenvalue weighted by Crippen LogP contribution is -2.35. The first kappa shape index (κ1) is 10.8. The van der Waals surface area contributed by atoms with E-state index in [-0.39, 0.29) is 11.3 Å². The van der Waals surface area contributed by atoms with Crippen molar-refractivity contribution in [1.29, 1.82) is 0 Å². The van der Waals surface area contributed by atoms with Gasteiger partial charge in [0.25, 0.3) is 0 Å². The Kier molecular flexibility index (Phi) is 3.28. The maximum Gasteiger partial charge on any atom is 0.220 e. The molecule has 0 aliphatic carbocycles. The molecule has 0 fully saturated rings. The van der Waals surface area contributed by atoms with Crippen LogP contribution < -0.4 is 5.32 Å². The average Bonchev–Trinajstić information content (AvgIpc) is 2.16. The molecule has 0 saturated heterocycles. The molecule has 1 radical (unpaired) electrons. The zero-order valence-corrected chi connectivity index (χ0v) is 8.71. The molecule has 1 aromatic rings. The Morgan fingerprint density at radius 2 is 1.93 bits per heavy atom. The first-order valence-corrected chi connectivity index (χ1v) is 4.68. The molecule has 0 unspecified atom stereocenters. The summed E-state index contributed by atoms with van der Waals surface area (Å²) in [5.74, 6) is -0.228. The fraction of sp³-hybridized carbons (Fsp3) is 0.333. The molecular formula is C12H16NO. The molecule has 1 rings (SSSR count). The van der Waals surface area contributed by atoms with Crippen LogP contribution in [0.2, 0.25) is 0 Å². The Bertz CT molecular complexity index is 303. The van der Waals surface area contributed by atoms with Gasteiger partial charge in [0.15, 0.2) is 0 Å². The SMILES string of the molecule is [CH2]C(=O)NCC(C)(C)c1ccccc1. The van der Waals surface area contributed by atoms with Crippen LogP contribution in [-0.2, 0) is 10.2 Å². The zero-order valence-electron chi connectivity index (χ0n) is 8.71. The fourth-order valence-corrected chi connectivity index (χ4v) is 1.31. The Morgan fingerprint density at radius 3 is 2.43 bits per heavy atom. The summed E-state index contributed by atoms with van der Waals surface area (Å²) in [5, 5.41) is 2.73. The summed E-state index contributed by atoms with van der Waals surface area (Å²) >= 11 is 0. The molecule has 0 spiro atoms. The highest BCUT2D eigenvalue weighted by Gasteiger charge is 2.19. The van der Waals surface area contributed by atoms with Crippen LogP contribution in [0.5, 0.6) is 0 Å². The summed E-state index contributed by atoms with van der Waals surface area (Å²) in [4.78, 5) is 10.7. The van der Waals surface area contributed by atoms with E-state index in [1.807, 2.05) is 18.2 Å². The normalized spacial score (nSPS) is 11.1. The van der Waals surface area contributed by atoms with Gasteiger partial charge in [0, 0.05) is 18.9 Å². The number of amides is 1. The minimum absolute atomic E-state index is 0.0470. The monoisotopic (exact) mass is 190 g/mol. The smallest absolute Gasteiger partial charge is 0.220 e. The van der Waals surface area contributed by atoms with Crippen molar-refractivity contribution in [3.8, 4) is 0 Å². The molecule has 14 heavy (non-hydrogen) atoms. The van der Waals surface area contributed by atoms with Gasteiger partial charge in [-0.2, -0.15) is 0 Å². The largest absolute Gasteiger partial charge is 0.355 e. The standard InChI is InChI=1S/C12H16NO/c1-10(14)13-9-12(2,3)11-7-5-4-6-8-11/h4-8H,1,9H2,2-3H3,(H,13,14). The van der Waals surface area contributed by atoms with Crippen LogP contribution in [0.1, 0.15) is 19.4 Å². The Hall–Kier alpha value is -1.31. The third-order valence-corrected chi connectivity index (χ3v) is 2.28. The van der Waals surface area contributed by atoms with E-state index in [4.69, 9.17) is 0 Å². The number of carbonyl (C=O) groups excluding carboxylic acids is 1. The highest BCUT2D eigenvalue weighted by molar-refractivity contribution is 5.80. The van der Waals surface area contributed by atoms with Crippen LogP contribution in [0.15, 0.2) is 30.3 Å². The molecule has 2 nitrogen and oxygen atoms in total. The van der Waals surface area contributed by atoms with Gasteiger partial charge in [-0.1, -0.05) is 44.2 Å². The van der Waals surface area contributed by atoms with Crippen molar-refractivity contribution in [2.75, 3.05) is 6.54 Å². The van der Waals surface area contributed by atoms with Gasteiger partial charge in [-0.25, -0.2) is 0 Å². The first-order chi connectivity index (χ1) is 6.52. The van der Waals surface area contributed by atoms with Crippen LogP contribution in [0.3, 0.4) is 0 Å². The van der Waals surface area contributed by atoms with Gasteiger partial charge < -0.3 is 5.32 Å². The van der Waals surface area contributed by atoms with Crippen LogP contribution in [0.4, 0.5) is 0 Å². The zero-order chi connectivity index (χ0) is 10.6. The van der Waals surface area contributed by atoms with Gasteiger partial charge in [0.1, 0.15) is 0 Å². The summed E-state index contributed by atoms with van der Waals surface area (Å²) < 4.78 is 0. The van der Waals surface area contributed by atoms with E-state index in [0.29, 0.717) is 6.54 Å². The predicted molar refractivity (Wildman–Crippen MR) is 57.8 cm³/mol. The minimum atomic E-state index is -0.228. The quantitative estimate of drug-likeness (QED) is 0.775. The van der Waals surface area contributed by atoms with E-state index < -0.39 is 0 Å². The molecule has 1 aromatic carbocycles. The lowest BCUT2D eigenvalue weighted by Gasteiger charge is -2.25. The number of rotatable bonds is 3. The Balaban J connectivity index is 2.70. The second-order valence-electron chi connectivity index (χ2n) is 4.03. The molecule has 0 atom stereocenters. The molecular weight excluding hydrogens is 174 g/mol. The Labute approximate surface area is 85.3 Å². The summed E-state index contributed by atoms with van der Waals surface area (Å²) in [6, 6.07) is 10.1. The molecule has 1 amide bonds. The van der Waals surface area contributed by atoms with Crippen molar-refractivity contribution in [1.82, 2.24) is 5.32 Å². The van der Waals surface area contributed by atoms with Crippen molar-refractivity contribution >= 4 is 5.91 Å². The highest BCUT2D eigenvalue weighted by Crippen LogP contribution is 2.21. The van der Waals surface area contributed by atoms with Crippen molar-refractivity contribution in [2.24, 2.45) is 0 Å². The van der Waals surface area contributed by atoms with Gasteiger partial charge in [-0.3, -0.25) is 4.79 Å². The summed E-state index contributed by atoms with van der Waals surface area (Å²) in [6.07, 6.45) is 0. The average molecular weight is 190 g/mol. The van der Waals surface area contributed by atoms with Gasteiger partial charge in [-0.05, 0) is 5.56 Å². The Morgan fingerprint density at radius 1 is 1.36 bits per heavy atom. The molecule has 2 heteroatoms. The van der Waals surface area contributed by atoms with E-state index in [9.17, 15) is 4.79 Å². The second-order valence-corrected chi connectivity index (χ2v) is 4.03. The van der Waals surface area contributed by atoms with Crippen LogP contribution in [0, 0.1) is 6.92 Å². The van der Waals surface area contributed by atoms with E-state index >= 15 is 0 Å². The number of benzene rings is 1. The number of nitrogens with one attached hydrogen (secondary N) is 1. The molecule has 0 heterocycles. The van der Waals surface area contributed by atoms with Crippen molar-refractivity contribution < 1.29 is 4.79 Å². The van der Waals surface area contributed by atoms with E-state index in [2.05, 4.69) is 38.2 Å². The van der Waals surface area contributed by atoms with Gasteiger partial charge >= 0.3 is 0 Å². The van der Waals surface area contributed by atoms with Crippen LogP contribution in [-0.4, -0.2) is 12.5 Å². The van der Waals surface area contributed by atoms with Crippen molar-refractivity contribution in [2.45, 2.75) is 19.3 Å². The maximum atomic E-state index is 10.7. The number of hydrogen-bond acceptors (Lipinski definition) is 1. The number of hydrogen-bond donors (Lipinski definition) is 1. The van der Waals surface area contributed by atoms with Crippen molar-refractivity contribution in [3.63, 3.8) is 0 Å². The predicted octanol–water partition coefficient (Wildman–Crippen LogP) is 1.91. The third-order valence-electron chi connectivity index (χ3n) is 2.28. The molecule has 0 saturated carbocycles. The molecule has 1 N–H and O–H groups in total. The first-order valence-electron chi connectivity index (χ1n) is 4.68.